The normalized spacial score (nSPS) is 16.5. The molecule has 0 radical (unpaired) electrons. The summed E-state index contributed by atoms with van der Waals surface area (Å²) in [6.07, 6.45) is 6.11. The first kappa shape index (κ1) is 12.2. The number of aromatic nitrogens is 1. The molecule has 0 aromatic carbocycles. The van der Waals surface area contributed by atoms with Gasteiger partial charge in [0.1, 0.15) is 17.0 Å². The molecule has 90 valence electrons. The molecule has 0 atom stereocenters. The standard InChI is InChI=1S/C13H16ClN3/c1-9-7-12(14)17-13(11(9)8-15)16-10-5-3-2-4-6-10/h7,10H,2-6H2,1H3,(H,16,17). The Morgan fingerprint density at radius 2 is 2.12 bits per heavy atom. The fourth-order valence-electron chi connectivity index (χ4n) is 2.32. The third-order valence-corrected chi connectivity index (χ3v) is 3.44. The number of hydrogen-bond acceptors (Lipinski definition) is 3. The van der Waals surface area contributed by atoms with Crippen molar-refractivity contribution in [2.24, 2.45) is 0 Å². The fourth-order valence-corrected chi connectivity index (χ4v) is 2.57. The zero-order chi connectivity index (χ0) is 12.3. The fraction of sp³-hybridized carbons (Fsp3) is 0.538. The van der Waals surface area contributed by atoms with Crippen molar-refractivity contribution in [3.63, 3.8) is 0 Å². The van der Waals surface area contributed by atoms with E-state index >= 15 is 0 Å². The molecule has 3 nitrogen and oxygen atoms in total. The molecule has 1 fully saturated rings. The minimum absolute atomic E-state index is 0.432. The summed E-state index contributed by atoms with van der Waals surface area (Å²) in [7, 11) is 0. The highest BCUT2D eigenvalue weighted by atomic mass is 35.5. The Hall–Kier alpha value is -1.27. The summed E-state index contributed by atoms with van der Waals surface area (Å²) >= 11 is 5.94. The van der Waals surface area contributed by atoms with Gasteiger partial charge in [-0.1, -0.05) is 30.9 Å². The average molecular weight is 250 g/mol. The van der Waals surface area contributed by atoms with Crippen LogP contribution in [0.25, 0.3) is 0 Å². The molecule has 1 heterocycles. The van der Waals surface area contributed by atoms with Crippen LogP contribution in [0.3, 0.4) is 0 Å². The summed E-state index contributed by atoms with van der Waals surface area (Å²) < 4.78 is 0. The molecule has 1 aromatic heterocycles. The van der Waals surface area contributed by atoms with Gasteiger partial charge in [-0.2, -0.15) is 5.26 Å². The predicted octanol–water partition coefficient (Wildman–Crippen LogP) is 3.66. The molecule has 2 rings (SSSR count). The Morgan fingerprint density at radius 1 is 1.41 bits per heavy atom. The van der Waals surface area contributed by atoms with Crippen molar-refractivity contribution >= 4 is 17.4 Å². The molecule has 0 spiro atoms. The Balaban J connectivity index is 2.22. The van der Waals surface area contributed by atoms with Gasteiger partial charge in [0, 0.05) is 6.04 Å². The van der Waals surface area contributed by atoms with Gasteiger partial charge in [-0.3, -0.25) is 0 Å². The van der Waals surface area contributed by atoms with Crippen LogP contribution in [-0.2, 0) is 0 Å². The monoisotopic (exact) mass is 249 g/mol. The van der Waals surface area contributed by atoms with Crippen LogP contribution in [0.4, 0.5) is 5.82 Å². The van der Waals surface area contributed by atoms with Crippen molar-refractivity contribution < 1.29 is 0 Å². The third kappa shape index (κ3) is 2.89. The lowest BCUT2D eigenvalue weighted by Gasteiger charge is -2.24. The summed E-state index contributed by atoms with van der Waals surface area (Å²) in [4.78, 5) is 4.23. The highest BCUT2D eigenvalue weighted by Crippen LogP contribution is 2.25. The summed E-state index contributed by atoms with van der Waals surface area (Å²) in [5.74, 6) is 0.643. The Labute approximate surface area is 107 Å². The van der Waals surface area contributed by atoms with Gasteiger partial charge in [0.05, 0.1) is 5.56 Å². The van der Waals surface area contributed by atoms with Crippen molar-refractivity contribution in [2.45, 2.75) is 45.1 Å². The zero-order valence-corrected chi connectivity index (χ0v) is 10.7. The van der Waals surface area contributed by atoms with Gasteiger partial charge < -0.3 is 5.32 Å². The third-order valence-electron chi connectivity index (χ3n) is 3.24. The number of anilines is 1. The van der Waals surface area contributed by atoms with E-state index in [9.17, 15) is 0 Å². The molecule has 0 amide bonds. The largest absolute Gasteiger partial charge is 0.366 e. The summed E-state index contributed by atoms with van der Waals surface area (Å²) in [6, 6.07) is 4.36. The van der Waals surface area contributed by atoms with Gasteiger partial charge in [0.15, 0.2) is 0 Å². The molecule has 1 saturated carbocycles. The Bertz CT molecular complexity index is 445. The zero-order valence-electron chi connectivity index (χ0n) is 9.96. The van der Waals surface area contributed by atoms with E-state index in [1.165, 1.54) is 19.3 Å². The summed E-state index contributed by atoms with van der Waals surface area (Å²) in [5.41, 5.74) is 1.49. The number of nitriles is 1. The van der Waals surface area contributed by atoms with Crippen LogP contribution >= 0.6 is 11.6 Å². The second-order valence-corrected chi connectivity index (χ2v) is 4.96. The lowest BCUT2D eigenvalue weighted by atomic mass is 9.95. The average Bonchev–Trinajstić information content (AvgIpc) is 2.30. The molecule has 0 aliphatic heterocycles. The van der Waals surface area contributed by atoms with Crippen molar-refractivity contribution in [3.05, 3.63) is 22.3 Å². The second kappa shape index (κ2) is 5.37. The van der Waals surface area contributed by atoms with Crippen molar-refractivity contribution in [3.8, 4) is 6.07 Å². The minimum atomic E-state index is 0.432. The van der Waals surface area contributed by atoms with Crippen molar-refractivity contribution in [1.29, 1.82) is 5.26 Å². The maximum absolute atomic E-state index is 9.15. The maximum Gasteiger partial charge on any atom is 0.146 e. The molecule has 1 N–H and O–H groups in total. The first-order valence-corrected chi connectivity index (χ1v) is 6.42. The SMILES string of the molecule is Cc1cc(Cl)nc(NC2CCCCC2)c1C#N. The van der Waals surface area contributed by atoms with Gasteiger partial charge in [-0.05, 0) is 31.4 Å². The van der Waals surface area contributed by atoms with Gasteiger partial charge in [0.2, 0.25) is 0 Å². The molecule has 1 aromatic rings. The molecule has 17 heavy (non-hydrogen) atoms. The highest BCUT2D eigenvalue weighted by molar-refractivity contribution is 6.29. The molecule has 4 heteroatoms. The second-order valence-electron chi connectivity index (χ2n) is 4.58. The van der Waals surface area contributed by atoms with Crippen LogP contribution in [0.15, 0.2) is 6.07 Å². The lowest BCUT2D eigenvalue weighted by molar-refractivity contribution is 0.462. The summed E-state index contributed by atoms with van der Waals surface area (Å²) in [6.45, 7) is 1.89. The molecular formula is C13H16ClN3. The first-order chi connectivity index (χ1) is 8.20. The van der Waals surface area contributed by atoms with Crippen LogP contribution in [0.5, 0.6) is 0 Å². The maximum atomic E-state index is 9.15. The van der Waals surface area contributed by atoms with E-state index in [4.69, 9.17) is 16.9 Å². The van der Waals surface area contributed by atoms with Gasteiger partial charge in [0.25, 0.3) is 0 Å². The predicted molar refractivity (Wildman–Crippen MR) is 69.2 cm³/mol. The van der Waals surface area contributed by atoms with Crippen LogP contribution in [-0.4, -0.2) is 11.0 Å². The van der Waals surface area contributed by atoms with Crippen LogP contribution < -0.4 is 5.32 Å². The Kier molecular flexibility index (Phi) is 3.86. The van der Waals surface area contributed by atoms with E-state index in [0.29, 0.717) is 22.6 Å². The first-order valence-electron chi connectivity index (χ1n) is 6.04. The van der Waals surface area contributed by atoms with Gasteiger partial charge in [-0.15, -0.1) is 0 Å². The topological polar surface area (TPSA) is 48.7 Å². The number of hydrogen-bond donors (Lipinski definition) is 1. The van der Waals surface area contributed by atoms with E-state index in [0.717, 1.165) is 18.4 Å². The van der Waals surface area contributed by atoms with E-state index in [1.54, 1.807) is 6.07 Å². The Morgan fingerprint density at radius 3 is 2.76 bits per heavy atom. The van der Waals surface area contributed by atoms with Crippen molar-refractivity contribution in [2.75, 3.05) is 5.32 Å². The van der Waals surface area contributed by atoms with E-state index < -0.39 is 0 Å². The molecular weight excluding hydrogens is 234 g/mol. The number of halogens is 1. The highest BCUT2D eigenvalue weighted by Gasteiger charge is 2.16. The van der Waals surface area contributed by atoms with Crippen LogP contribution in [0, 0.1) is 18.3 Å². The molecule has 1 aliphatic rings. The molecule has 0 unspecified atom stereocenters. The number of pyridine rings is 1. The van der Waals surface area contributed by atoms with Gasteiger partial charge in [-0.25, -0.2) is 4.98 Å². The number of nitrogens with zero attached hydrogens (tertiary/aromatic N) is 2. The minimum Gasteiger partial charge on any atom is -0.366 e. The van der Waals surface area contributed by atoms with E-state index in [1.807, 2.05) is 6.92 Å². The van der Waals surface area contributed by atoms with Crippen LogP contribution in [0.1, 0.15) is 43.2 Å². The number of nitrogens with one attached hydrogen (secondary N) is 1. The molecule has 1 aliphatic carbocycles. The molecule has 0 saturated heterocycles. The number of rotatable bonds is 2. The quantitative estimate of drug-likeness (QED) is 0.814. The smallest absolute Gasteiger partial charge is 0.146 e. The van der Waals surface area contributed by atoms with E-state index in [2.05, 4.69) is 16.4 Å². The van der Waals surface area contributed by atoms with E-state index in [-0.39, 0.29) is 0 Å². The number of aryl methyl sites for hydroxylation is 1. The van der Waals surface area contributed by atoms with Crippen LogP contribution in [0.2, 0.25) is 5.15 Å². The van der Waals surface area contributed by atoms with Gasteiger partial charge >= 0.3 is 0 Å². The lowest BCUT2D eigenvalue weighted by Crippen LogP contribution is -2.23. The summed E-state index contributed by atoms with van der Waals surface area (Å²) in [5, 5.41) is 13.0. The van der Waals surface area contributed by atoms with Crippen molar-refractivity contribution in [1.82, 2.24) is 4.98 Å². The molecule has 0 bridgehead atoms.